The monoisotopic (exact) mass is 162 g/mol. The van der Waals surface area contributed by atoms with E-state index in [1.165, 1.54) is 0 Å². The minimum Gasteiger partial charge on any atom is -0.381 e. The summed E-state index contributed by atoms with van der Waals surface area (Å²) in [6.45, 7) is 4.36. The smallest absolute Gasteiger partial charge is 0.0653 e. The summed E-state index contributed by atoms with van der Waals surface area (Å²) in [5.74, 6) is 0. The SMILES string of the molecule is CCC1(C)C(Cl)CC1OC. The highest BCUT2D eigenvalue weighted by molar-refractivity contribution is 6.21. The molecule has 0 N–H and O–H groups in total. The Morgan fingerprint density at radius 3 is 2.50 bits per heavy atom. The summed E-state index contributed by atoms with van der Waals surface area (Å²) in [6.07, 6.45) is 2.52. The van der Waals surface area contributed by atoms with Gasteiger partial charge in [-0.3, -0.25) is 0 Å². The molecule has 0 amide bonds. The third kappa shape index (κ3) is 0.960. The van der Waals surface area contributed by atoms with Gasteiger partial charge in [-0.25, -0.2) is 0 Å². The van der Waals surface area contributed by atoms with Gasteiger partial charge in [-0.05, 0) is 12.8 Å². The molecular weight excluding hydrogens is 148 g/mol. The van der Waals surface area contributed by atoms with E-state index >= 15 is 0 Å². The molecule has 60 valence electrons. The highest BCUT2D eigenvalue weighted by Gasteiger charge is 2.49. The second-order valence-electron chi connectivity index (χ2n) is 3.29. The maximum absolute atomic E-state index is 6.05. The molecule has 0 aromatic carbocycles. The molecule has 0 aliphatic heterocycles. The van der Waals surface area contributed by atoms with Crippen LogP contribution in [0.3, 0.4) is 0 Å². The van der Waals surface area contributed by atoms with Gasteiger partial charge in [-0.1, -0.05) is 13.8 Å². The van der Waals surface area contributed by atoms with Crippen molar-refractivity contribution in [3.8, 4) is 0 Å². The van der Waals surface area contributed by atoms with Crippen LogP contribution in [-0.4, -0.2) is 18.6 Å². The first-order valence-electron chi connectivity index (χ1n) is 3.82. The molecule has 0 aromatic heterocycles. The fourth-order valence-corrected chi connectivity index (χ4v) is 2.04. The predicted octanol–water partition coefficient (Wildman–Crippen LogP) is 2.43. The van der Waals surface area contributed by atoms with E-state index in [9.17, 15) is 0 Å². The predicted molar refractivity (Wildman–Crippen MR) is 43.5 cm³/mol. The third-order valence-corrected chi connectivity index (χ3v) is 3.60. The molecule has 1 fully saturated rings. The van der Waals surface area contributed by atoms with Crippen LogP contribution in [0.25, 0.3) is 0 Å². The van der Waals surface area contributed by atoms with Gasteiger partial charge >= 0.3 is 0 Å². The first kappa shape index (κ1) is 8.35. The molecule has 1 aliphatic carbocycles. The molecule has 1 rings (SSSR count). The Hall–Kier alpha value is 0.250. The quantitative estimate of drug-likeness (QED) is 0.567. The fraction of sp³-hybridized carbons (Fsp3) is 1.00. The molecule has 0 saturated heterocycles. The Kier molecular flexibility index (Phi) is 2.26. The Morgan fingerprint density at radius 2 is 2.30 bits per heavy atom. The number of alkyl halides is 1. The van der Waals surface area contributed by atoms with Crippen molar-refractivity contribution in [2.24, 2.45) is 5.41 Å². The van der Waals surface area contributed by atoms with Gasteiger partial charge in [0.25, 0.3) is 0 Å². The molecule has 0 aromatic rings. The average Bonchev–Trinajstić information content (AvgIpc) is 1.98. The lowest BCUT2D eigenvalue weighted by molar-refractivity contribution is -0.0773. The van der Waals surface area contributed by atoms with Gasteiger partial charge in [0.2, 0.25) is 0 Å². The average molecular weight is 163 g/mol. The van der Waals surface area contributed by atoms with Crippen LogP contribution in [-0.2, 0) is 4.74 Å². The summed E-state index contributed by atoms with van der Waals surface area (Å²) in [5.41, 5.74) is 0.232. The topological polar surface area (TPSA) is 9.23 Å². The molecule has 1 aliphatic rings. The van der Waals surface area contributed by atoms with Crippen LogP contribution < -0.4 is 0 Å². The van der Waals surface area contributed by atoms with Crippen LogP contribution in [0.2, 0.25) is 0 Å². The minimum atomic E-state index is 0.232. The molecule has 0 radical (unpaired) electrons. The summed E-state index contributed by atoms with van der Waals surface area (Å²) in [4.78, 5) is 0. The van der Waals surface area contributed by atoms with Crippen molar-refractivity contribution >= 4 is 11.6 Å². The molecule has 1 nitrogen and oxygen atoms in total. The summed E-state index contributed by atoms with van der Waals surface area (Å²) < 4.78 is 5.28. The lowest BCUT2D eigenvalue weighted by Gasteiger charge is -2.50. The summed E-state index contributed by atoms with van der Waals surface area (Å²) in [6, 6.07) is 0. The van der Waals surface area contributed by atoms with E-state index in [4.69, 9.17) is 16.3 Å². The number of hydrogen-bond acceptors (Lipinski definition) is 1. The van der Waals surface area contributed by atoms with Gasteiger partial charge < -0.3 is 4.74 Å². The van der Waals surface area contributed by atoms with Crippen molar-refractivity contribution in [1.29, 1.82) is 0 Å². The van der Waals surface area contributed by atoms with Gasteiger partial charge in [-0.2, -0.15) is 0 Å². The van der Waals surface area contributed by atoms with E-state index in [0.717, 1.165) is 12.8 Å². The van der Waals surface area contributed by atoms with E-state index in [1.807, 2.05) is 0 Å². The van der Waals surface area contributed by atoms with Gasteiger partial charge in [-0.15, -0.1) is 11.6 Å². The zero-order valence-electron chi connectivity index (χ0n) is 6.86. The van der Waals surface area contributed by atoms with E-state index in [0.29, 0.717) is 11.5 Å². The van der Waals surface area contributed by atoms with Crippen LogP contribution in [0.5, 0.6) is 0 Å². The highest BCUT2D eigenvalue weighted by atomic mass is 35.5. The molecule has 3 atom stereocenters. The Morgan fingerprint density at radius 1 is 1.70 bits per heavy atom. The summed E-state index contributed by atoms with van der Waals surface area (Å²) in [5, 5.41) is 0.322. The van der Waals surface area contributed by atoms with Gasteiger partial charge in [0, 0.05) is 17.9 Å². The first-order valence-corrected chi connectivity index (χ1v) is 4.25. The van der Waals surface area contributed by atoms with E-state index in [2.05, 4.69) is 13.8 Å². The van der Waals surface area contributed by atoms with Crippen LogP contribution in [0.1, 0.15) is 26.7 Å². The first-order chi connectivity index (χ1) is 4.65. The molecular formula is C8H15ClO. The molecule has 0 heterocycles. The molecule has 1 saturated carbocycles. The zero-order valence-corrected chi connectivity index (χ0v) is 7.61. The number of methoxy groups -OCH3 is 1. The molecule has 0 spiro atoms. The normalized spacial score (nSPS) is 46.8. The number of rotatable bonds is 2. The summed E-state index contributed by atoms with van der Waals surface area (Å²) >= 11 is 6.05. The molecule has 2 heteroatoms. The van der Waals surface area contributed by atoms with E-state index < -0.39 is 0 Å². The largest absolute Gasteiger partial charge is 0.381 e. The lowest BCUT2D eigenvalue weighted by Crippen LogP contribution is -2.52. The van der Waals surface area contributed by atoms with Crippen LogP contribution >= 0.6 is 11.6 Å². The van der Waals surface area contributed by atoms with Crippen molar-refractivity contribution in [3.05, 3.63) is 0 Å². The number of hydrogen-bond donors (Lipinski definition) is 0. The van der Waals surface area contributed by atoms with Crippen molar-refractivity contribution in [3.63, 3.8) is 0 Å². The fourth-order valence-electron chi connectivity index (χ4n) is 1.58. The zero-order chi connectivity index (χ0) is 7.78. The van der Waals surface area contributed by atoms with Gasteiger partial charge in [0.05, 0.1) is 6.10 Å². The Balaban J connectivity index is 2.54. The number of ether oxygens (including phenoxy) is 1. The second-order valence-corrected chi connectivity index (χ2v) is 3.81. The Bertz CT molecular complexity index is 126. The van der Waals surface area contributed by atoms with Gasteiger partial charge in [0.15, 0.2) is 0 Å². The standard InChI is InChI=1S/C8H15ClO/c1-4-8(2)6(9)5-7(8)10-3/h6-7H,4-5H2,1-3H3. The van der Waals surface area contributed by atoms with Crippen LogP contribution in [0.4, 0.5) is 0 Å². The number of halogens is 1. The Labute approximate surface area is 67.7 Å². The molecule has 3 unspecified atom stereocenters. The lowest BCUT2D eigenvalue weighted by atomic mass is 9.65. The maximum Gasteiger partial charge on any atom is 0.0653 e. The van der Waals surface area contributed by atoms with Crippen LogP contribution in [0.15, 0.2) is 0 Å². The van der Waals surface area contributed by atoms with Gasteiger partial charge in [0.1, 0.15) is 0 Å². The van der Waals surface area contributed by atoms with Crippen LogP contribution in [0, 0.1) is 5.41 Å². The highest BCUT2D eigenvalue weighted by Crippen LogP contribution is 2.48. The van der Waals surface area contributed by atoms with Crippen molar-refractivity contribution in [1.82, 2.24) is 0 Å². The van der Waals surface area contributed by atoms with Crippen molar-refractivity contribution in [2.45, 2.75) is 38.2 Å². The molecule has 0 bridgehead atoms. The summed E-state index contributed by atoms with van der Waals surface area (Å²) in [7, 11) is 1.77. The minimum absolute atomic E-state index is 0.232. The van der Waals surface area contributed by atoms with E-state index in [-0.39, 0.29) is 5.41 Å². The molecule has 10 heavy (non-hydrogen) atoms. The third-order valence-electron chi connectivity index (χ3n) is 2.92. The van der Waals surface area contributed by atoms with Crippen molar-refractivity contribution in [2.75, 3.05) is 7.11 Å². The second kappa shape index (κ2) is 2.71. The van der Waals surface area contributed by atoms with E-state index in [1.54, 1.807) is 7.11 Å². The van der Waals surface area contributed by atoms with Crippen molar-refractivity contribution < 1.29 is 4.74 Å². The maximum atomic E-state index is 6.05.